The van der Waals surface area contributed by atoms with Crippen molar-refractivity contribution in [3.8, 4) is 0 Å². The lowest BCUT2D eigenvalue weighted by atomic mass is 9.75. The predicted octanol–water partition coefficient (Wildman–Crippen LogP) is 3.89. The molecule has 0 aliphatic heterocycles. The molecule has 1 aromatic carbocycles. The lowest BCUT2D eigenvalue weighted by Gasteiger charge is -2.36. The third kappa shape index (κ3) is 3.33. The van der Waals surface area contributed by atoms with Gasteiger partial charge in [0.1, 0.15) is 6.10 Å². The molecule has 3 nitrogen and oxygen atoms in total. The van der Waals surface area contributed by atoms with E-state index in [1.807, 2.05) is 12.1 Å². The molecule has 1 aliphatic rings. The summed E-state index contributed by atoms with van der Waals surface area (Å²) in [5, 5.41) is 0. The van der Waals surface area contributed by atoms with E-state index < -0.39 is 0 Å². The number of carbonyl (C=O) groups is 1. The number of rotatable bonds is 3. The average Bonchev–Trinajstić information content (AvgIpc) is 2.38. The van der Waals surface area contributed by atoms with Gasteiger partial charge in [0.15, 0.2) is 0 Å². The fourth-order valence-electron chi connectivity index (χ4n) is 3.13. The average molecular weight is 275 g/mol. The number of hydrogen-bond donors (Lipinski definition) is 1. The number of nitrogens with two attached hydrogens (primary N) is 1. The number of carbonyl (C=O) groups excluding carboxylic acids is 1. The molecule has 0 spiro atoms. The molecule has 2 N–H and O–H groups in total. The van der Waals surface area contributed by atoms with Crippen molar-refractivity contribution in [1.29, 1.82) is 0 Å². The Morgan fingerprint density at radius 3 is 2.65 bits per heavy atom. The molecule has 2 rings (SSSR count). The van der Waals surface area contributed by atoms with Gasteiger partial charge in [-0.25, -0.2) is 4.79 Å². The summed E-state index contributed by atoms with van der Waals surface area (Å²) in [4.78, 5) is 12.3. The fraction of sp³-hybridized carbons (Fsp3) is 0.588. The quantitative estimate of drug-likeness (QED) is 0.672. The summed E-state index contributed by atoms with van der Waals surface area (Å²) in [5.74, 6) is 1.33. The second-order valence-electron chi connectivity index (χ2n) is 6.36. The first kappa shape index (κ1) is 14.9. The largest absolute Gasteiger partial charge is 0.458 e. The highest BCUT2D eigenvalue weighted by Gasteiger charge is 2.33. The third-order valence-electron chi connectivity index (χ3n) is 4.40. The molecule has 0 aromatic heterocycles. The summed E-state index contributed by atoms with van der Waals surface area (Å²) in [6, 6.07) is 7.11. The van der Waals surface area contributed by atoms with Crippen LogP contribution in [0.1, 0.15) is 50.4 Å². The zero-order valence-electron chi connectivity index (χ0n) is 12.6. The Bertz CT molecular complexity index is 470. The molecule has 20 heavy (non-hydrogen) atoms. The van der Waals surface area contributed by atoms with Gasteiger partial charge in [-0.05, 0) is 42.7 Å². The molecule has 3 heteroatoms. The molecule has 0 bridgehead atoms. The van der Waals surface area contributed by atoms with Gasteiger partial charge < -0.3 is 10.5 Å². The van der Waals surface area contributed by atoms with Crippen LogP contribution in [0.3, 0.4) is 0 Å². The summed E-state index contributed by atoms with van der Waals surface area (Å²) in [7, 11) is 0. The minimum atomic E-state index is -0.284. The van der Waals surface area contributed by atoms with Gasteiger partial charge >= 0.3 is 5.97 Å². The molecule has 1 aliphatic carbocycles. The maximum atomic E-state index is 12.3. The maximum absolute atomic E-state index is 12.3. The van der Waals surface area contributed by atoms with Crippen molar-refractivity contribution in [2.75, 3.05) is 5.73 Å². The first-order chi connectivity index (χ1) is 9.49. The molecule has 0 amide bonds. The monoisotopic (exact) mass is 275 g/mol. The van der Waals surface area contributed by atoms with Gasteiger partial charge in [0.25, 0.3) is 0 Å². The molecule has 0 unspecified atom stereocenters. The van der Waals surface area contributed by atoms with Gasteiger partial charge in [0.2, 0.25) is 0 Å². The number of anilines is 1. The Balaban J connectivity index is 2.10. The van der Waals surface area contributed by atoms with E-state index in [-0.39, 0.29) is 12.1 Å². The Labute approximate surface area is 121 Å². The van der Waals surface area contributed by atoms with Gasteiger partial charge in [-0.2, -0.15) is 0 Å². The first-order valence-electron chi connectivity index (χ1n) is 7.54. The van der Waals surface area contributed by atoms with Crippen LogP contribution in [0.5, 0.6) is 0 Å². The third-order valence-corrected chi connectivity index (χ3v) is 4.40. The number of esters is 1. The molecule has 3 atom stereocenters. The van der Waals surface area contributed by atoms with Crippen LogP contribution >= 0.6 is 0 Å². The summed E-state index contributed by atoms with van der Waals surface area (Å²) < 4.78 is 5.78. The minimum Gasteiger partial charge on any atom is -0.458 e. The van der Waals surface area contributed by atoms with Crippen molar-refractivity contribution in [2.45, 2.75) is 46.1 Å². The SMILES string of the molecule is CC(C)[C@H]1CC[C@H](C)C[C@@H]1OC(=O)c1ccccc1N. The van der Waals surface area contributed by atoms with Crippen LogP contribution < -0.4 is 5.73 Å². The van der Waals surface area contributed by atoms with Crippen molar-refractivity contribution in [2.24, 2.45) is 17.8 Å². The van der Waals surface area contributed by atoms with Crippen molar-refractivity contribution < 1.29 is 9.53 Å². The summed E-state index contributed by atoms with van der Waals surface area (Å²) in [6.45, 7) is 6.64. The van der Waals surface area contributed by atoms with Crippen LogP contribution in [-0.4, -0.2) is 12.1 Å². The highest BCUT2D eigenvalue weighted by molar-refractivity contribution is 5.95. The molecular weight excluding hydrogens is 250 g/mol. The Hall–Kier alpha value is -1.51. The standard InChI is InChI=1S/C17H25NO2/c1-11(2)13-9-8-12(3)10-16(13)20-17(19)14-6-4-5-7-15(14)18/h4-7,11-13,16H,8-10,18H2,1-3H3/t12-,13+,16-/m0/s1. The molecule has 0 heterocycles. The van der Waals surface area contributed by atoms with Crippen LogP contribution in [0.4, 0.5) is 5.69 Å². The normalized spacial score (nSPS) is 26.5. The van der Waals surface area contributed by atoms with E-state index in [0.29, 0.717) is 29.0 Å². The van der Waals surface area contributed by atoms with Crippen LogP contribution in [0.15, 0.2) is 24.3 Å². The molecule has 1 aromatic rings. The molecule has 1 fully saturated rings. The van der Waals surface area contributed by atoms with Gasteiger partial charge in [0, 0.05) is 5.69 Å². The van der Waals surface area contributed by atoms with E-state index in [4.69, 9.17) is 10.5 Å². The van der Waals surface area contributed by atoms with Gasteiger partial charge in [0.05, 0.1) is 5.56 Å². The second-order valence-corrected chi connectivity index (χ2v) is 6.36. The molecule has 110 valence electrons. The first-order valence-corrected chi connectivity index (χ1v) is 7.54. The van der Waals surface area contributed by atoms with Gasteiger partial charge in [-0.15, -0.1) is 0 Å². The van der Waals surface area contributed by atoms with Crippen molar-refractivity contribution in [1.82, 2.24) is 0 Å². The summed E-state index contributed by atoms with van der Waals surface area (Å²) in [6.07, 6.45) is 3.35. The van der Waals surface area contributed by atoms with Gasteiger partial charge in [-0.3, -0.25) is 0 Å². The van der Waals surface area contributed by atoms with E-state index in [1.54, 1.807) is 12.1 Å². The van der Waals surface area contributed by atoms with E-state index in [0.717, 1.165) is 12.8 Å². The smallest absolute Gasteiger partial charge is 0.340 e. The number of benzene rings is 1. The zero-order valence-corrected chi connectivity index (χ0v) is 12.6. The number of nitrogen functional groups attached to an aromatic ring is 1. The van der Waals surface area contributed by atoms with Crippen molar-refractivity contribution in [3.05, 3.63) is 29.8 Å². The summed E-state index contributed by atoms with van der Waals surface area (Å²) in [5.41, 5.74) is 6.82. The Morgan fingerprint density at radius 2 is 2.00 bits per heavy atom. The lowest BCUT2D eigenvalue weighted by molar-refractivity contribution is -0.0173. The fourth-order valence-corrected chi connectivity index (χ4v) is 3.13. The van der Waals surface area contributed by atoms with Crippen LogP contribution in [0, 0.1) is 17.8 Å². The zero-order chi connectivity index (χ0) is 14.7. The number of hydrogen-bond acceptors (Lipinski definition) is 3. The van der Waals surface area contributed by atoms with Crippen LogP contribution in [0.25, 0.3) is 0 Å². The molecule has 0 saturated heterocycles. The molecule has 1 saturated carbocycles. The maximum Gasteiger partial charge on any atom is 0.340 e. The van der Waals surface area contributed by atoms with E-state index >= 15 is 0 Å². The predicted molar refractivity (Wildman–Crippen MR) is 81.4 cm³/mol. The van der Waals surface area contributed by atoms with Gasteiger partial charge in [-0.1, -0.05) is 39.3 Å². The highest BCUT2D eigenvalue weighted by atomic mass is 16.5. The number of ether oxygens (including phenoxy) is 1. The van der Waals surface area contributed by atoms with E-state index in [1.165, 1.54) is 6.42 Å². The second kappa shape index (κ2) is 6.29. The minimum absolute atomic E-state index is 0.0193. The Kier molecular flexibility index (Phi) is 4.69. The van der Waals surface area contributed by atoms with E-state index in [9.17, 15) is 4.79 Å². The number of para-hydroxylation sites is 1. The van der Waals surface area contributed by atoms with Crippen LogP contribution in [-0.2, 0) is 4.74 Å². The molecule has 0 radical (unpaired) electrons. The van der Waals surface area contributed by atoms with Crippen molar-refractivity contribution >= 4 is 11.7 Å². The van der Waals surface area contributed by atoms with Crippen LogP contribution in [0.2, 0.25) is 0 Å². The topological polar surface area (TPSA) is 52.3 Å². The van der Waals surface area contributed by atoms with E-state index in [2.05, 4.69) is 20.8 Å². The highest BCUT2D eigenvalue weighted by Crippen LogP contribution is 2.35. The summed E-state index contributed by atoms with van der Waals surface area (Å²) >= 11 is 0. The lowest BCUT2D eigenvalue weighted by Crippen LogP contribution is -2.36. The Morgan fingerprint density at radius 1 is 1.30 bits per heavy atom. The molecular formula is C17H25NO2. The van der Waals surface area contributed by atoms with Crippen molar-refractivity contribution in [3.63, 3.8) is 0 Å².